The second-order valence-corrected chi connectivity index (χ2v) is 5.18. The van der Waals surface area contributed by atoms with Gasteiger partial charge >= 0.3 is 5.69 Å². The van der Waals surface area contributed by atoms with E-state index in [2.05, 4.69) is 20.9 Å². The molecule has 0 saturated carbocycles. The number of nitrogens with one attached hydrogen (secondary N) is 1. The third-order valence-corrected chi connectivity index (χ3v) is 3.65. The highest BCUT2D eigenvalue weighted by atomic mass is 79.9. The molecule has 0 aromatic carbocycles. The topological polar surface area (TPSA) is 64.1 Å². The van der Waals surface area contributed by atoms with Crippen LogP contribution in [-0.2, 0) is 4.74 Å². The molecule has 0 radical (unpaired) electrons. The average molecular weight is 336 g/mol. The minimum absolute atomic E-state index is 0.120. The van der Waals surface area contributed by atoms with Crippen LogP contribution in [0.25, 0.3) is 6.08 Å². The minimum atomic E-state index is -0.491. The molecule has 1 fully saturated rings. The van der Waals surface area contributed by atoms with E-state index in [1.807, 2.05) is 6.92 Å². The van der Waals surface area contributed by atoms with Crippen molar-refractivity contribution in [1.29, 1.82) is 0 Å². The second-order valence-electron chi connectivity index (χ2n) is 4.09. The number of alkyl halides is 1. The lowest BCUT2D eigenvalue weighted by Crippen LogP contribution is -2.33. The molecule has 1 aromatic rings. The van der Waals surface area contributed by atoms with Crippen molar-refractivity contribution in [1.82, 2.24) is 9.55 Å². The Labute approximate surface area is 117 Å². The highest BCUT2D eigenvalue weighted by Gasteiger charge is 2.32. The lowest BCUT2D eigenvalue weighted by Gasteiger charge is -2.13. The number of aromatic amines is 1. The molecule has 2 rings (SSSR count). The van der Waals surface area contributed by atoms with Gasteiger partial charge in [-0.2, -0.15) is 0 Å². The molecule has 3 atom stereocenters. The Morgan fingerprint density at radius 3 is 2.89 bits per heavy atom. The van der Waals surface area contributed by atoms with Crippen LogP contribution >= 0.6 is 27.5 Å². The van der Waals surface area contributed by atoms with Crippen LogP contribution < -0.4 is 11.2 Å². The quantitative estimate of drug-likeness (QED) is 0.839. The lowest BCUT2D eigenvalue weighted by atomic mass is 10.2. The van der Waals surface area contributed by atoms with Gasteiger partial charge in [-0.25, -0.2) is 4.79 Å². The van der Waals surface area contributed by atoms with Gasteiger partial charge in [0, 0.05) is 12.6 Å². The van der Waals surface area contributed by atoms with Crippen molar-refractivity contribution < 1.29 is 4.74 Å². The largest absolute Gasteiger partial charge is 0.353 e. The van der Waals surface area contributed by atoms with Crippen molar-refractivity contribution in [3.8, 4) is 0 Å². The normalized spacial score (nSPS) is 28.1. The summed E-state index contributed by atoms with van der Waals surface area (Å²) in [5.74, 6) is 0. The monoisotopic (exact) mass is 334 g/mol. The van der Waals surface area contributed by atoms with Crippen LogP contribution in [-0.4, -0.2) is 21.0 Å². The smallest absolute Gasteiger partial charge is 0.330 e. The van der Waals surface area contributed by atoms with Gasteiger partial charge in [0.15, 0.2) is 0 Å². The Balaban J connectivity index is 2.42. The maximum atomic E-state index is 11.7. The number of hydrogen-bond donors (Lipinski definition) is 1. The summed E-state index contributed by atoms with van der Waals surface area (Å²) in [5, 5.41) is -0.135. The summed E-state index contributed by atoms with van der Waals surface area (Å²) in [6.45, 7) is 1.85. The predicted molar refractivity (Wildman–Crippen MR) is 73.1 cm³/mol. The highest BCUT2D eigenvalue weighted by Crippen LogP contribution is 2.30. The first kappa shape index (κ1) is 13.6. The molecule has 1 unspecified atom stereocenters. The van der Waals surface area contributed by atoms with Crippen LogP contribution in [0.2, 0.25) is 0 Å². The number of nitrogens with zero attached hydrogens (tertiary/aromatic N) is 1. The van der Waals surface area contributed by atoms with Crippen LogP contribution in [0.1, 0.15) is 25.1 Å². The van der Waals surface area contributed by atoms with Crippen molar-refractivity contribution in [3.05, 3.63) is 37.6 Å². The van der Waals surface area contributed by atoms with Crippen LogP contribution in [0.5, 0.6) is 0 Å². The second kappa shape index (κ2) is 5.42. The third-order valence-electron chi connectivity index (χ3n) is 2.86. The van der Waals surface area contributed by atoms with E-state index in [1.165, 1.54) is 10.8 Å². The summed E-state index contributed by atoms with van der Waals surface area (Å²) < 4.78 is 6.95. The lowest BCUT2D eigenvalue weighted by molar-refractivity contribution is 0.00826. The van der Waals surface area contributed by atoms with Gasteiger partial charge in [-0.3, -0.25) is 14.3 Å². The molecule has 1 N–H and O–H groups in total. The van der Waals surface area contributed by atoms with E-state index in [4.69, 9.17) is 16.3 Å². The highest BCUT2D eigenvalue weighted by molar-refractivity contribution is 9.11. The fourth-order valence-corrected chi connectivity index (χ4v) is 2.35. The van der Waals surface area contributed by atoms with Gasteiger partial charge in [-0.05, 0) is 18.0 Å². The first-order chi connectivity index (χ1) is 8.52. The molecule has 2 heterocycles. The predicted octanol–water partition coefficient (Wildman–Crippen LogP) is 1.82. The number of halogens is 2. The molecule has 1 aliphatic rings. The number of rotatable bonds is 2. The molecule has 0 spiro atoms. The molecular formula is C11H12BrClN2O3. The van der Waals surface area contributed by atoms with Gasteiger partial charge in [0.25, 0.3) is 5.56 Å². The van der Waals surface area contributed by atoms with E-state index >= 15 is 0 Å². The summed E-state index contributed by atoms with van der Waals surface area (Å²) in [4.78, 5) is 27.1. The van der Waals surface area contributed by atoms with Crippen molar-refractivity contribution in [2.75, 3.05) is 0 Å². The zero-order chi connectivity index (χ0) is 13.3. The fraction of sp³-hybridized carbons (Fsp3) is 0.455. The average Bonchev–Trinajstić information content (AvgIpc) is 2.63. The molecule has 18 heavy (non-hydrogen) atoms. The van der Waals surface area contributed by atoms with E-state index in [9.17, 15) is 9.59 Å². The number of aromatic nitrogens is 2. The van der Waals surface area contributed by atoms with Crippen molar-refractivity contribution >= 4 is 33.6 Å². The first-order valence-corrected chi connectivity index (χ1v) is 6.80. The summed E-state index contributed by atoms with van der Waals surface area (Å²) in [5.41, 5.74) is -0.546. The molecule has 1 aliphatic heterocycles. The maximum Gasteiger partial charge on any atom is 0.330 e. The molecule has 1 saturated heterocycles. The molecule has 0 bridgehead atoms. The molecule has 7 heteroatoms. The molecule has 5 nitrogen and oxygen atoms in total. The van der Waals surface area contributed by atoms with Crippen molar-refractivity contribution in [2.45, 2.75) is 31.1 Å². The van der Waals surface area contributed by atoms with Gasteiger partial charge in [-0.15, -0.1) is 11.6 Å². The third kappa shape index (κ3) is 2.60. The van der Waals surface area contributed by atoms with Gasteiger partial charge < -0.3 is 4.74 Å². The number of H-pyrrole nitrogens is 1. The summed E-state index contributed by atoms with van der Waals surface area (Å²) in [6, 6.07) is 0. The van der Waals surface area contributed by atoms with E-state index in [0.717, 1.165) is 0 Å². The van der Waals surface area contributed by atoms with Crippen molar-refractivity contribution in [2.24, 2.45) is 0 Å². The van der Waals surface area contributed by atoms with Gasteiger partial charge in [0.05, 0.1) is 17.0 Å². The van der Waals surface area contributed by atoms with Gasteiger partial charge in [0.2, 0.25) is 0 Å². The van der Waals surface area contributed by atoms with E-state index in [0.29, 0.717) is 12.0 Å². The van der Waals surface area contributed by atoms with Crippen LogP contribution in [0.15, 0.2) is 20.8 Å². The Morgan fingerprint density at radius 1 is 1.61 bits per heavy atom. The van der Waals surface area contributed by atoms with E-state index < -0.39 is 17.5 Å². The van der Waals surface area contributed by atoms with E-state index in [-0.39, 0.29) is 11.5 Å². The Bertz CT molecular complexity index is 570. The number of ether oxygens (including phenoxy) is 1. The minimum Gasteiger partial charge on any atom is -0.353 e. The Kier molecular flexibility index (Phi) is 4.09. The molecule has 1 aromatic heterocycles. The Morgan fingerprint density at radius 2 is 2.33 bits per heavy atom. The summed E-state index contributed by atoms with van der Waals surface area (Å²) in [7, 11) is 0. The van der Waals surface area contributed by atoms with Crippen LogP contribution in [0.4, 0.5) is 0 Å². The Hall–Kier alpha value is -0.850. The zero-order valence-electron chi connectivity index (χ0n) is 9.60. The van der Waals surface area contributed by atoms with Crippen LogP contribution in [0, 0.1) is 0 Å². The number of hydrogen-bond acceptors (Lipinski definition) is 3. The maximum absolute atomic E-state index is 11.7. The van der Waals surface area contributed by atoms with Crippen LogP contribution in [0.3, 0.4) is 0 Å². The molecule has 0 aliphatic carbocycles. The van der Waals surface area contributed by atoms with Gasteiger partial charge in [0.1, 0.15) is 6.23 Å². The van der Waals surface area contributed by atoms with Crippen molar-refractivity contribution in [3.63, 3.8) is 0 Å². The molecular weight excluding hydrogens is 323 g/mol. The zero-order valence-corrected chi connectivity index (χ0v) is 11.9. The van der Waals surface area contributed by atoms with Gasteiger partial charge in [-0.1, -0.05) is 15.9 Å². The first-order valence-electron chi connectivity index (χ1n) is 5.44. The standard InChI is InChI=1S/C11H12BrClN2O3/c1-6-8(13)4-9(18-6)15-5-7(2-3-12)10(16)14-11(15)17/h2-3,5-6,8-9H,4H2,1H3,(H,14,16,17)/b3-2+/t6-,8?,9-/m0/s1. The summed E-state index contributed by atoms with van der Waals surface area (Å²) >= 11 is 9.15. The fourth-order valence-electron chi connectivity index (χ4n) is 1.85. The molecule has 98 valence electrons. The van der Waals surface area contributed by atoms with E-state index in [1.54, 1.807) is 11.1 Å². The molecule has 0 amide bonds. The SMILES string of the molecule is C[C@@H]1O[C@H](n2cc(/C=C/Br)c(=O)[nH]c2=O)CC1Cl. The summed E-state index contributed by atoms with van der Waals surface area (Å²) in [6.07, 6.45) is 3.02.